The van der Waals surface area contributed by atoms with E-state index in [4.69, 9.17) is 19.9 Å². The standard InChI is InChI=1S/C22H20N2O4/c1-3-27-22(25)19-18(14-8-5-4-6-9-14)17(13-23)20(28-21(19)24)15-10-7-11-16(12-15)26-2/h4-12,18H,3,24H2,1-2H3/t18-/m1/s1. The second-order valence-electron chi connectivity index (χ2n) is 6.03. The largest absolute Gasteiger partial charge is 0.497 e. The molecule has 0 saturated carbocycles. The van der Waals surface area contributed by atoms with E-state index >= 15 is 0 Å². The van der Waals surface area contributed by atoms with Crippen LogP contribution in [0, 0.1) is 11.3 Å². The number of esters is 1. The number of hydrogen-bond donors (Lipinski definition) is 1. The van der Waals surface area contributed by atoms with Gasteiger partial charge in [0.15, 0.2) is 5.76 Å². The van der Waals surface area contributed by atoms with Crippen LogP contribution >= 0.6 is 0 Å². The van der Waals surface area contributed by atoms with Crippen LogP contribution < -0.4 is 10.5 Å². The average Bonchev–Trinajstić information content (AvgIpc) is 2.73. The summed E-state index contributed by atoms with van der Waals surface area (Å²) in [5, 5.41) is 9.96. The van der Waals surface area contributed by atoms with Crippen LogP contribution in [-0.4, -0.2) is 19.7 Å². The maximum atomic E-state index is 12.6. The highest BCUT2D eigenvalue weighted by atomic mass is 16.5. The minimum absolute atomic E-state index is 0.0795. The molecule has 1 aliphatic rings. The average molecular weight is 376 g/mol. The van der Waals surface area contributed by atoms with Crippen molar-refractivity contribution in [1.82, 2.24) is 0 Å². The van der Waals surface area contributed by atoms with Crippen LogP contribution in [0.2, 0.25) is 0 Å². The van der Waals surface area contributed by atoms with Crippen LogP contribution in [0.3, 0.4) is 0 Å². The minimum Gasteiger partial charge on any atom is -0.497 e. The summed E-state index contributed by atoms with van der Waals surface area (Å²) in [6.07, 6.45) is 0. The number of carbonyl (C=O) groups is 1. The van der Waals surface area contributed by atoms with Crippen molar-refractivity contribution in [1.29, 1.82) is 5.26 Å². The predicted octanol–water partition coefficient (Wildman–Crippen LogP) is 3.48. The zero-order valence-corrected chi connectivity index (χ0v) is 15.6. The molecule has 0 fully saturated rings. The van der Waals surface area contributed by atoms with Crippen LogP contribution in [0.15, 0.2) is 71.6 Å². The molecule has 0 unspecified atom stereocenters. The third-order valence-corrected chi connectivity index (χ3v) is 4.38. The number of benzene rings is 2. The molecule has 1 heterocycles. The van der Waals surface area contributed by atoms with Crippen LogP contribution in [0.25, 0.3) is 5.76 Å². The summed E-state index contributed by atoms with van der Waals surface area (Å²) < 4.78 is 16.2. The van der Waals surface area contributed by atoms with Gasteiger partial charge in [0.1, 0.15) is 11.3 Å². The minimum atomic E-state index is -0.694. The SMILES string of the molecule is CCOC(=O)C1=C(N)OC(c2cccc(OC)c2)=C(C#N)[C@H]1c1ccccc1. The van der Waals surface area contributed by atoms with E-state index < -0.39 is 11.9 Å². The van der Waals surface area contributed by atoms with Crippen molar-refractivity contribution in [3.63, 3.8) is 0 Å². The lowest BCUT2D eigenvalue weighted by atomic mass is 9.82. The molecular weight excluding hydrogens is 356 g/mol. The van der Waals surface area contributed by atoms with Crippen molar-refractivity contribution in [2.24, 2.45) is 5.73 Å². The number of carbonyl (C=O) groups excluding carboxylic acids is 1. The fourth-order valence-corrected chi connectivity index (χ4v) is 3.14. The molecule has 28 heavy (non-hydrogen) atoms. The fourth-order valence-electron chi connectivity index (χ4n) is 3.14. The van der Waals surface area contributed by atoms with Gasteiger partial charge >= 0.3 is 5.97 Å². The normalized spacial score (nSPS) is 16.2. The summed E-state index contributed by atoms with van der Waals surface area (Å²) in [5.74, 6) is -0.475. The van der Waals surface area contributed by atoms with Crippen molar-refractivity contribution in [2.75, 3.05) is 13.7 Å². The maximum Gasteiger partial charge on any atom is 0.340 e. The van der Waals surface area contributed by atoms with Crippen LogP contribution in [-0.2, 0) is 14.3 Å². The molecule has 0 aromatic heterocycles. The zero-order valence-electron chi connectivity index (χ0n) is 15.6. The number of hydrogen-bond acceptors (Lipinski definition) is 6. The molecule has 0 saturated heterocycles. The van der Waals surface area contributed by atoms with Crippen molar-refractivity contribution < 1.29 is 19.0 Å². The lowest BCUT2D eigenvalue weighted by Gasteiger charge is -2.28. The maximum absolute atomic E-state index is 12.6. The molecule has 0 aliphatic carbocycles. The summed E-state index contributed by atoms with van der Waals surface area (Å²) in [6.45, 7) is 1.89. The van der Waals surface area contributed by atoms with E-state index in [1.165, 1.54) is 0 Å². The first-order valence-corrected chi connectivity index (χ1v) is 8.79. The molecule has 0 amide bonds. The second-order valence-corrected chi connectivity index (χ2v) is 6.03. The summed E-state index contributed by atoms with van der Waals surface area (Å²) >= 11 is 0. The molecule has 1 aliphatic heterocycles. The van der Waals surface area contributed by atoms with Crippen molar-refractivity contribution >= 4 is 11.7 Å². The van der Waals surface area contributed by atoms with E-state index in [9.17, 15) is 10.1 Å². The molecule has 0 bridgehead atoms. The highest BCUT2D eigenvalue weighted by Gasteiger charge is 2.38. The number of methoxy groups -OCH3 is 1. The van der Waals surface area contributed by atoms with Crippen LogP contribution in [0.5, 0.6) is 5.75 Å². The highest BCUT2D eigenvalue weighted by Crippen LogP contribution is 2.42. The molecule has 2 N–H and O–H groups in total. The van der Waals surface area contributed by atoms with Crippen molar-refractivity contribution in [2.45, 2.75) is 12.8 Å². The van der Waals surface area contributed by atoms with E-state index in [2.05, 4.69) is 6.07 Å². The third kappa shape index (κ3) is 3.55. The summed E-state index contributed by atoms with van der Waals surface area (Å²) in [7, 11) is 1.56. The van der Waals surface area contributed by atoms with Gasteiger partial charge in [0.05, 0.1) is 31.3 Å². The van der Waals surface area contributed by atoms with Gasteiger partial charge in [-0.2, -0.15) is 5.26 Å². The molecule has 3 rings (SSSR count). The van der Waals surface area contributed by atoms with E-state index in [1.807, 2.05) is 30.3 Å². The predicted molar refractivity (Wildman–Crippen MR) is 104 cm³/mol. The number of nitriles is 1. The van der Waals surface area contributed by atoms with Crippen molar-refractivity contribution in [3.05, 3.63) is 82.8 Å². The molecule has 0 spiro atoms. The van der Waals surface area contributed by atoms with Crippen molar-refractivity contribution in [3.8, 4) is 11.8 Å². The smallest absolute Gasteiger partial charge is 0.340 e. The van der Waals surface area contributed by atoms with Crippen LogP contribution in [0.1, 0.15) is 24.0 Å². The topological polar surface area (TPSA) is 94.6 Å². The molecule has 1 atom stereocenters. The number of nitrogens with two attached hydrogens (primary N) is 1. The molecule has 2 aromatic carbocycles. The number of nitrogens with zero attached hydrogens (tertiary/aromatic N) is 1. The van der Waals surface area contributed by atoms with Gasteiger partial charge in [-0.15, -0.1) is 0 Å². The van der Waals surface area contributed by atoms with Gasteiger partial charge in [0.25, 0.3) is 0 Å². The number of allylic oxidation sites excluding steroid dienone is 1. The summed E-state index contributed by atoms with van der Waals surface area (Å²) in [4.78, 5) is 12.6. The summed E-state index contributed by atoms with van der Waals surface area (Å²) in [5.41, 5.74) is 7.90. The van der Waals surface area contributed by atoms with E-state index in [0.717, 1.165) is 5.56 Å². The van der Waals surface area contributed by atoms with Gasteiger partial charge in [0.2, 0.25) is 5.88 Å². The van der Waals surface area contributed by atoms with Crippen LogP contribution in [0.4, 0.5) is 0 Å². The van der Waals surface area contributed by atoms with Gasteiger partial charge in [-0.3, -0.25) is 0 Å². The Labute approximate surface area is 163 Å². The molecule has 6 heteroatoms. The molecule has 2 aromatic rings. The van der Waals surface area contributed by atoms with E-state index in [1.54, 1.807) is 38.3 Å². The van der Waals surface area contributed by atoms with E-state index in [-0.39, 0.29) is 23.6 Å². The first-order chi connectivity index (χ1) is 13.6. The van der Waals surface area contributed by atoms with Gasteiger partial charge in [-0.1, -0.05) is 42.5 Å². The molecule has 6 nitrogen and oxygen atoms in total. The lowest BCUT2D eigenvalue weighted by molar-refractivity contribution is -0.139. The van der Waals surface area contributed by atoms with Gasteiger partial charge in [0, 0.05) is 5.56 Å². The first-order valence-electron chi connectivity index (χ1n) is 8.79. The Morgan fingerprint density at radius 1 is 1.21 bits per heavy atom. The van der Waals surface area contributed by atoms with E-state index in [0.29, 0.717) is 17.1 Å². The quantitative estimate of drug-likeness (QED) is 0.803. The van der Waals surface area contributed by atoms with Gasteiger partial charge in [-0.25, -0.2) is 4.79 Å². The molecular formula is C22H20N2O4. The van der Waals surface area contributed by atoms with Gasteiger partial charge < -0.3 is 19.9 Å². The Kier molecular flexibility index (Phi) is 5.66. The fraction of sp³-hybridized carbons (Fsp3) is 0.182. The Hall–Kier alpha value is -3.72. The molecule has 142 valence electrons. The zero-order chi connectivity index (χ0) is 20.1. The molecule has 0 radical (unpaired) electrons. The summed E-state index contributed by atoms with van der Waals surface area (Å²) in [6, 6.07) is 18.5. The highest BCUT2D eigenvalue weighted by molar-refractivity contribution is 5.94. The lowest BCUT2D eigenvalue weighted by Crippen LogP contribution is -2.26. The third-order valence-electron chi connectivity index (χ3n) is 4.38. The Morgan fingerprint density at radius 3 is 2.61 bits per heavy atom. The Morgan fingerprint density at radius 2 is 1.96 bits per heavy atom. The van der Waals surface area contributed by atoms with Gasteiger partial charge in [-0.05, 0) is 24.6 Å². The monoisotopic (exact) mass is 376 g/mol. The Bertz CT molecular complexity index is 987. The number of rotatable bonds is 5. The second kappa shape index (κ2) is 8.31. The Balaban J connectivity index is 2.21. The number of ether oxygens (including phenoxy) is 3. The first kappa shape index (κ1) is 19.1.